The van der Waals surface area contributed by atoms with Crippen molar-refractivity contribution < 1.29 is 9.59 Å². The van der Waals surface area contributed by atoms with E-state index < -0.39 is 0 Å². The number of nitrogens with one attached hydrogen (secondary N) is 3. The van der Waals surface area contributed by atoms with Crippen LogP contribution in [0.5, 0.6) is 0 Å². The number of rotatable bonds is 5. The first kappa shape index (κ1) is 15.5. The van der Waals surface area contributed by atoms with Gasteiger partial charge in [-0.25, -0.2) is 4.79 Å². The zero-order valence-corrected chi connectivity index (χ0v) is 13.3. The third-order valence-corrected chi connectivity index (χ3v) is 5.10. The average molecular weight is 299 g/mol. The molecule has 2 saturated heterocycles. The fraction of sp³-hybridized carbons (Fsp3) is 0.857. The lowest BCUT2D eigenvalue weighted by Gasteiger charge is -2.20. The largest absolute Gasteiger partial charge is 0.352 e. The van der Waals surface area contributed by atoms with Crippen LogP contribution in [0.15, 0.2) is 0 Å². The molecule has 0 bridgehead atoms. The number of hydrogen-bond donors (Lipinski definition) is 3. The second kappa shape index (κ2) is 6.24. The van der Waals surface area contributed by atoms with Crippen molar-refractivity contribution in [1.82, 2.24) is 16.0 Å². The number of amides is 3. The summed E-state index contributed by atoms with van der Waals surface area (Å²) in [6, 6.07) is 0.535. The summed E-state index contributed by atoms with van der Waals surface area (Å²) in [7, 11) is 0. The maximum absolute atomic E-state index is 11.7. The fourth-order valence-electron chi connectivity index (χ4n) is 2.75. The molecular formula is C14H25N3O2S. The number of carbonyl (C=O) groups excluding carboxylic acids is 2. The monoisotopic (exact) mass is 299 g/mol. The zero-order valence-electron chi connectivity index (χ0n) is 12.5. The third-order valence-electron chi connectivity index (χ3n) is 3.60. The van der Waals surface area contributed by atoms with Crippen molar-refractivity contribution in [3.8, 4) is 0 Å². The predicted molar refractivity (Wildman–Crippen MR) is 81.9 cm³/mol. The van der Waals surface area contributed by atoms with Gasteiger partial charge in [-0.15, -0.1) is 0 Å². The van der Waals surface area contributed by atoms with Crippen molar-refractivity contribution >= 4 is 23.7 Å². The van der Waals surface area contributed by atoms with Gasteiger partial charge in [0.1, 0.15) is 0 Å². The number of unbranched alkanes of at least 4 members (excludes halogenated alkanes) is 1. The van der Waals surface area contributed by atoms with Crippen LogP contribution in [-0.4, -0.2) is 40.6 Å². The van der Waals surface area contributed by atoms with Crippen molar-refractivity contribution in [1.29, 1.82) is 0 Å². The summed E-state index contributed by atoms with van der Waals surface area (Å²) in [5.41, 5.74) is -0.147. The summed E-state index contributed by atoms with van der Waals surface area (Å²) in [5, 5.41) is 9.41. The van der Waals surface area contributed by atoms with Crippen molar-refractivity contribution in [3.63, 3.8) is 0 Å². The third kappa shape index (κ3) is 4.30. The summed E-state index contributed by atoms with van der Waals surface area (Å²) >= 11 is 1.93. The Bertz CT molecular complexity index is 381. The van der Waals surface area contributed by atoms with Crippen LogP contribution in [-0.2, 0) is 4.79 Å². The smallest absolute Gasteiger partial charge is 0.315 e. The van der Waals surface area contributed by atoms with Crippen LogP contribution in [0.4, 0.5) is 4.79 Å². The molecule has 0 aliphatic carbocycles. The highest BCUT2D eigenvalue weighted by molar-refractivity contribution is 8.00. The highest BCUT2D eigenvalue weighted by Crippen LogP contribution is 2.33. The van der Waals surface area contributed by atoms with Gasteiger partial charge in [0.05, 0.1) is 12.1 Å². The van der Waals surface area contributed by atoms with Gasteiger partial charge in [0.15, 0.2) is 0 Å². The summed E-state index contributed by atoms with van der Waals surface area (Å²) in [5.74, 6) is 1.13. The minimum Gasteiger partial charge on any atom is -0.352 e. The second-order valence-electron chi connectivity index (χ2n) is 6.67. The SMILES string of the molecule is CC(C)(C)NC(=O)CCCCC1SCC2NC(=O)NC21. The number of fused-ring (bicyclic) bond motifs is 1. The first-order chi connectivity index (χ1) is 9.35. The molecule has 6 heteroatoms. The van der Waals surface area contributed by atoms with Crippen molar-refractivity contribution in [2.45, 2.75) is 69.3 Å². The Kier molecular flexibility index (Phi) is 4.83. The Hall–Kier alpha value is -0.910. The molecule has 3 N–H and O–H groups in total. The van der Waals surface area contributed by atoms with Gasteiger partial charge in [-0.3, -0.25) is 4.79 Å². The zero-order chi connectivity index (χ0) is 14.8. The molecule has 20 heavy (non-hydrogen) atoms. The van der Waals surface area contributed by atoms with E-state index >= 15 is 0 Å². The van der Waals surface area contributed by atoms with Gasteiger partial charge in [0.2, 0.25) is 5.91 Å². The summed E-state index contributed by atoms with van der Waals surface area (Å²) in [4.78, 5) is 23.0. The van der Waals surface area contributed by atoms with Crippen LogP contribution < -0.4 is 16.0 Å². The first-order valence-corrected chi connectivity index (χ1v) is 8.40. The van der Waals surface area contributed by atoms with Crippen LogP contribution in [0.3, 0.4) is 0 Å². The number of urea groups is 1. The molecule has 0 saturated carbocycles. The molecule has 3 atom stereocenters. The van der Waals surface area contributed by atoms with Gasteiger partial charge in [0.25, 0.3) is 0 Å². The number of thioether (sulfide) groups is 1. The van der Waals surface area contributed by atoms with Crippen LogP contribution >= 0.6 is 11.8 Å². The van der Waals surface area contributed by atoms with Gasteiger partial charge in [-0.05, 0) is 33.6 Å². The number of carbonyl (C=O) groups is 2. The van der Waals surface area contributed by atoms with Crippen LogP contribution in [0, 0.1) is 0 Å². The van der Waals surface area contributed by atoms with Gasteiger partial charge < -0.3 is 16.0 Å². The molecule has 2 aliphatic heterocycles. The molecule has 114 valence electrons. The molecule has 2 aliphatic rings. The Labute approximate surface area is 125 Å². The average Bonchev–Trinajstić information content (AvgIpc) is 2.82. The summed E-state index contributed by atoms with van der Waals surface area (Å²) < 4.78 is 0. The molecule has 0 radical (unpaired) electrons. The van der Waals surface area contributed by atoms with Crippen molar-refractivity contribution in [2.24, 2.45) is 0 Å². The van der Waals surface area contributed by atoms with E-state index in [4.69, 9.17) is 0 Å². The number of hydrogen-bond acceptors (Lipinski definition) is 3. The minimum atomic E-state index is -0.147. The van der Waals surface area contributed by atoms with Gasteiger partial charge >= 0.3 is 6.03 Å². The van der Waals surface area contributed by atoms with E-state index in [9.17, 15) is 9.59 Å². The van der Waals surface area contributed by atoms with Crippen molar-refractivity contribution in [2.75, 3.05) is 5.75 Å². The van der Waals surface area contributed by atoms with Gasteiger partial charge in [-0.1, -0.05) is 6.42 Å². The lowest BCUT2D eigenvalue weighted by molar-refractivity contribution is -0.122. The molecule has 3 unspecified atom stereocenters. The van der Waals surface area contributed by atoms with Gasteiger partial charge in [0, 0.05) is 23.0 Å². The van der Waals surface area contributed by atoms with E-state index in [1.54, 1.807) is 0 Å². The first-order valence-electron chi connectivity index (χ1n) is 7.35. The molecule has 0 spiro atoms. The molecule has 0 aromatic carbocycles. The standard InChI is InChI=1S/C14H25N3O2S/c1-14(2,3)17-11(18)7-5-4-6-10-12-9(8-20-10)15-13(19)16-12/h9-10,12H,4-8H2,1-3H3,(H,17,18)(H2,15,16,19). The van der Waals surface area contributed by atoms with E-state index in [1.807, 2.05) is 32.5 Å². The fourth-order valence-corrected chi connectivity index (χ4v) is 4.30. The normalized spacial score (nSPS) is 28.8. The minimum absolute atomic E-state index is 0.0325. The highest BCUT2D eigenvalue weighted by Gasteiger charge is 2.42. The summed E-state index contributed by atoms with van der Waals surface area (Å²) in [6.45, 7) is 5.99. The van der Waals surface area contributed by atoms with Crippen molar-refractivity contribution in [3.05, 3.63) is 0 Å². The van der Waals surface area contributed by atoms with E-state index in [1.165, 1.54) is 0 Å². The van der Waals surface area contributed by atoms with E-state index in [-0.39, 0.29) is 23.5 Å². The maximum atomic E-state index is 11.7. The van der Waals surface area contributed by atoms with E-state index in [2.05, 4.69) is 16.0 Å². The summed E-state index contributed by atoms with van der Waals surface area (Å²) in [6.07, 6.45) is 3.61. The van der Waals surface area contributed by atoms with Gasteiger partial charge in [-0.2, -0.15) is 11.8 Å². The Morgan fingerprint density at radius 2 is 2.10 bits per heavy atom. The molecule has 3 amide bonds. The lowest BCUT2D eigenvalue weighted by Crippen LogP contribution is -2.40. The molecule has 2 fully saturated rings. The lowest BCUT2D eigenvalue weighted by atomic mass is 10.0. The van der Waals surface area contributed by atoms with Crippen LogP contribution in [0.2, 0.25) is 0 Å². The molecule has 2 heterocycles. The Morgan fingerprint density at radius 1 is 1.35 bits per heavy atom. The molecule has 0 aromatic heterocycles. The van der Waals surface area contributed by atoms with Crippen LogP contribution in [0.1, 0.15) is 46.5 Å². The molecule has 5 nitrogen and oxygen atoms in total. The Morgan fingerprint density at radius 3 is 2.80 bits per heavy atom. The molecule has 2 rings (SSSR count). The topological polar surface area (TPSA) is 70.2 Å². The van der Waals surface area contributed by atoms with Crippen LogP contribution in [0.25, 0.3) is 0 Å². The second-order valence-corrected chi connectivity index (χ2v) is 7.94. The quantitative estimate of drug-likeness (QED) is 0.534. The highest BCUT2D eigenvalue weighted by atomic mass is 32.2. The molecular weight excluding hydrogens is 274 g/mol. The predicted octanol–water partition coefficient (Wildman–Crippen LogP) is 1.63. The molecule has 0 aromatic rings. The Balaban J connectivity index is 1.62. The van der Waals surface area contributed by atoms with E-state index in [0.717, 1.165) is 25.0 Å². The maximum Gasteiger partial charge on any atom is 0.315 e. The van der Waals surface area contributed by atoms with E-state index in [0.29, 0.717) is 17.7 Å².